The molecular weight excluding hydrogens is 394 g/mol. The number of hydrogen-bond acceptors (Lipinski definition) is 9. The molecule has 2 atom stereocenters. The average molecular weight is 417 g/mol. The summed E-state index contributed by atoms with van der Waals surface area (Å²) in [6.07, 6.45) is 3.37. The number of piperazine rings is 1. The van der Waals surface area contributed by atoms with Crippen LogP contribution in [-0.2, 0) is 7.05 Å². The Hall–Kier alpha value is -3.66. The van der Waals surface area contributed by atoms with Crippen molar-refractivity contribution in [3.63, 3.8) is 0 Å². The first-order chi connectivity index (χ1) is 15.0. The number of hydrogen-bond donors (Lipinski definition) is 2. The van der Waals surface area contributed by atoms with Gasteiger partial charge in [0.2, 0.25) is 11.6 Å². The predicted molar refractivity (Wildman–Crippen MR) is 116 cm³/mol. The molecule has 10 heteroatoms. The second kappa shape index (κ2) is 7.55. The first-order valence-electron chi connectivity index (χ1n) is 10.2. The minimum Gasteiger partial charge on any atom is -0.507 e. The van der Waals surface area contributed by atoms with E-state index in [1.54, 1.807) is 25.5 Å². The van der Waals surface area contributed by atoms with Crippen molar-refractivity contribution in [2.45, 2.75) is 25.9 Å². The highest BCUT2D eigenvalue weighted by atomic mass is 16.3. The maximum atomic E-state index is 10.6. The summed E-state index contributed by atoms with van der Waals surface area (Å²) in [6, 6.07) is 8.02. The van der Waals surface area contributed by atoms with Crippen LogP contribution in [0.2, 0.25) is 0 Å². The summed E-state index contributed by atoms with van der Waals surface area (Å²) in [6.45, 7) is 5.94. The Bertz CT molecular complexity index is 1230. The minimum absolute atomic E-state index is 0.102. The third-order valence-corrected chi connectivity index (χ3v) is 5.34. The second-order valence-electron chi connectivity index (χ2n) is 8.01. The lowest BCUT2D eigenvalue weighted by Crippen LogP contribution is -2.54. The summed E-state index contributed by atoms with van der Waals surface area (Å²) in [4.78, 5) is 12.4. The molecule has 0 saturated carbocycles. The normalized spacial score (nSPS) is 19.1. The number of aromatic hydroxyl groups is 1. The van der Waals surface area contributed by atoms with Crippen LogP contribution in [0.1, 0.15) is 13.8 Å². The predicted octanol–water partition coefficient (Wildman–Crippen LogP) is 1.77. The Morgan fingerprint density at radius 3 is 2.48 bits per heavy atom. The van der Waals surface area contributed by atoms with Crippen molar-refractivity contribution in [3.8, 4) is 28.1 Å². The van der Waals surface area contributed by atoms with Crippen molar-refractivity contribution in [1.82, 2.24) is 40.5 Å². The number of phenolic OH excluding ortho intramolecular Hbond substituents is 1. The zero-order chi connectivity index (χ0) is 21.5. The molecule has 0 spiro atoms. The number of nitrogens with one attached hydrogen (secondary N) is 1. The molecule has 3 aromatic heterocycles. The van der Waals surface area contributed by atoms with Crippen LogP contribution in [0.4, 0.5) is 5.95 Å². The monoisotopic (exact) mass is 417 g/mol. The highest BCUT2D eigenvalue weighted by Gasteiger charge is 2.23. The summed E-state index contributed by atoms with van der Waals surface area (Å²) in [5.41, 5.74) is 4.05. The van der Waals surface area contributed by atoms with Crippen LogP contribution in [0.15, 0.2) is 36.7 Å². The van der Waals surface area contributed by atoms with Gasteiger partial charge in [-0.3, -0.25) is 0 Å². The van der Waals surface area contributed by atoms with Crippen LogP contribution in [-0.4, -0.2) is 65.4 Å². The molecule has 31 heavy (non-hydrogen) atoms. The van der Waals surface area contributed by atoms with Crippen molar-refractivity contribution in [2.24, 2.45) is 7.05 Å². The number of fused-ring (bicyclic) bond motifs is 1. The van der Waals surface area contributed by atoms with E-state index >= 15 is 0 Å². The van der Waals surface area contributed by atoms with Crippen LogP contribution in [0.3, 0.4) is 0 Å². The number of anilines is 1. The number of phenols is 1. The molecule has 1 aromatic carbocycles. The number of pyridine rings is 1. The number of nitrogens with zero attached hydrogens (tertiary/aromatic N) is 8. The van der Waals surface area contributed by atoms with E-state index < -0.39 is 0 Å². The highest BCUT2D eigenvalue weighted by molar-refractivity contribution is 5.79. The molecule has 158 valence electrons. The fourth-order valence-corrected chi connectivity index (χ4v) is 4.03. The van der Waals surface area contributed by atoms with Crippen molar-refractivity contribution in [1.29, 1.82) is 0 Å². The van der Waals surface area contributed by atoms with Gasteiger partial charge in [0.25, 0.3) is 0 Å². The van der Waals surface area contributed by atoms with Gasteiger partial charge in [-0.25, -0.2) is 9.97 Å². The molecule has 1 fully saturated rings. The molecule has 1 aliphatic rings. The summed E-state index contributed by atoms with van der Waals surface area (Å²) in [5, 5.41) is 31.2. The molecule has 10 nitrogen and oxygen atoms in total. The molecule has 0 amide bonds. The molecule has 2 N–H and O–H groups in total. The molecule has 1 aliphatic heterocycles. The Morgan fingerprint density at radius 2 is 1.77 bits per heavy atom. The molecule has 0 aliphatic carbocycles. The van der Waals surface area contributed by atoms with E-state index in [1.807, 2.05) is 18.2 Å². The van der Waals surface area contributed by atoms with E-state index in [1.165, 1.54) is 4.80 Å². The van der Waals surface area contributed by atoms with E-state index in [9.17, 15) is 5.11 Å². The fourth-order valence-electron chi connectivity index (χ4n) is 4.03. The van der Waals surface area contributed by atoms with E-state index in [4.69, 9.17) is 0 Å². The number of aromatic nitrogens is 7. The average Bonchev–Trinajstić information content (AvgIpc) is 3.12. The van der Waals surface area contributed by atoms with Gasteiger partial charge >= 0.3 is 0 Å². The molecule has 0 radical (unpaired) electrons. The van der Waals surface area contributed by atoms with Crippen LogP contribution in [0, 0.1) is 0 Å². The van der Waals surface area contributed by atoms with Gasteiger partial charge in [-0.1, -0.05) is 6.07 Å². The smallest absolute Gasteiger partial charge is 0.245 e. The standard InChI is InChI=1S/C21H23N9O/c1-12-10-30(11-13(2)24-12)21-23-9-18(25-26-21)16-5-4-14(7-19(16)31)15-6-17-20(22-8-15)28-29(3)27-17/h4-9,12-13,24,31H,10-11H2,1-3H3/t12-,13+. The van der Waals surface area contributed by atoms with E-state index in [0.717, 1.165) is 24.2 Å². The van der Waals surface area contributed by atoms with Crippen LogP contribution >= 0.6 is 0 Å². The summed E-state index contributed by atoms with van der Waals surface area (Å²) < 4.78 is 0. The van der Waals surface area contributed by atoms with Crippen LogP contribution in [0.25, 0.3) is 33.5 Å². The molecular formula is C21H23N9O. The van der Waals surface area contributed by atoms with Gasteiger partial charge in [0.05, 0.1) is 6.20 Å². The molecule has 0 bridgehead atoms. The zero-order valence-corrected chi connectivity index (χ0v) is 17.6. The number of rotatable bonds is 3. The molecule has 4 aromatic rings. The fraction of sp³-hybridized carbons (Fsp3) is 0.333. The Balaban J connectivity index is 1.40. The van der Waals surface area contributed by atoms with Crippen LogP contribution < -0.4 is 10.2 Å². The van der Waals surface area contributed by atoms with Crippen molar-refractivity contribution >= 4 is 17.1 Å². The maximum Gasteiger partial charge on any atom is 0.245 e. The maximum absolute atomic E-state index is 10.6. The van der Waals surface area contributed by atoms with E-state index in [2.05, 4.69) is 54.4 Å². The van der Waals surface area contributed by atoms with Gasteiger partial charge in [-0.2, -0.15) is 9.90 Å². The SMILES string of the molecule is C[C@@H]1CN(c2ncc(-c3ccc(-c4cnc5nn(C)nc5c4)cc3O)nn2)C[C@H](C)N1. The Morgan fingerprint density at radius 1 is 0.968 bits per heavy atom. The highest BCUT2D eigenvalue weighted by Crippen LogP contribution is 2.32. The van der Waals surface area contributed by atoms with Gasteiger partial charge in [0.1, 0.15) is 17.0 Å². The molecule has 1 saturated heterocycles. The van der Waals surface area contributed by atoms with Crippen molar-refractivity contribution in [2.75, 3.05) is 18.0 Å². The largest absolute Gasteiger partial charge is 0.507 e. The van der Waals surface area contributed by atoms with Gasteiger partial charge in [-0.15, -0.1) is 15.3 Å². The third kappa shape index (κ3) is 3.77. The van der Waals surface area contributed by atoms with Crippen molar-refractivity contribution < 1.29 is 5.11 Å². The van der Waals surface area contributed by atoms with Gasteiger partial charge in [-0.05, 0) is 37.6 Å². The first kappa shape index (κ1) is 19.3. The summed E-state index contributed by atoms with van der Waals surface area (Å²) in [7, 11) is 1.76. The van der Waals surface area contributed by atoms with Gasteiger partial charge in [0, 0.05) is 49.5 Å². The number of aryl methyl sites for hydroxylation is 1. The number of benzene rings is 1. The third-order valence-electron chi connectivity index (χ3n) is 5.34. The molecule has 0 unspecified atom stereocenters. The lowest BCUT2D eigenvalue weighted by atomic mass is 10.0. The quantitative estimate of drug-likeness (QED) is 0.514. The van der Waals surface area contributed by atoms with Crippen LogP contribution in [0.5, 0.6) is 5.75 Å². The Labute approximate surface area is 179 Å². The first-order valence-corrected chi connectivity index (χ1v) is 10.2. The molecule has 4 heterocycles. The van der Waals surface area contributed by atoms with E-state index in [0.29, 0.717) is 40.5 Å². The summed E-state index contributed by atoms with van der Waals surface area (Å²) >= 11 is 0. The molecule has 5 rings (SSSR count). The van der Waals surface area contributed by atoms with Gasteiger partial charge < -0.3 is 15.3 Å². The van der Waals surface area contributed by atoms with E-state index in [-0.39, 0.29) is 5.75 Å². The zero-order valence-electron chi connectivity index (χ0n) is 17.6. The Kier molecular flexibility index (Phi) is 4.70. The topological polar surface area (TPSA) is 118 Å². The second-order valence-corrected chi connectivity index (χ2v) is 8.01. The van der Waals surface area contributed by atoms with Crippen molar-refractivity contribution in [3.05, 3.63) is 36.7 Å². The minimum atomic E-state index is 0.102. The lowest BCUT2D eigenvalue weighted by Gasteiger charge is -2.35. The lowest BCUT2D eigenvalue weighted by molar-refractivity contribution is 0.402. The van der Waals surface area contributed by atoms with Gasteiger partial charge in [0.15, 0.2) is 0 Å². The summed E-state index contributed by atoms with van der Waals surface area (Å²) in [5.74, 6) is 0.702.